The van der Waals surface area contributed by atoms with Gasteiger partial charge in [-0.05, 0) is 13.8 Å². The van der Waals surface area contributed by atoms with Gasteiger partial charge < -0.3 is 19.3 Å². The van der Waals surface area contributed by atoms with Crippen molar-refractivity contribution >= 4 is 0 Å². The smallest absolute Gasteiger partial charge is 0.143 e. The van der Waals surface area contributed by atoms with Gasteiger partial charge in [-0.25, -0.2) is 0 Å². The van der Waals surface area contributed by atoms with Crippen molar-refractivity contribution in [1.82, 2.24) is 0 Å². The van der Waals surface area contributed by atoms with Crippen molar-refractivity contribution in [3.8, 4) is 0 Å². The molecule has 0 aliphatic carbocycles. The van der Waals surface area contributed by atoms with Crippen LogP contribution in [-0.4, -0.2) is 48.8 Å². The van der Waals surface area contributed by atoms with Gasteiger partial charge in [0.15, 0.2) is 0 Å². The van der Waals surface area contributed by atoms with E-state index in [1.807, 2.05) is 13.8 Å². The summed E-state index contributed by atoms with van der Waals surface area (Å²) in [6.07, 6.45) is -0.0814. The van der Waals surface area contributed by atoms with Crippen LogP contribution < -0.4 is 0 Å². The Bertz CT molecular complexity index is 201. The third-order valence-electron chi connectivity index (χ3n) is 2.83. The van der Waals surface area contributed by atoms with Crippen molar-refractivity contribution in [2.75, 3.05) is 19.8 Å². The molecular formula is C9H16O4Re. The zero-order chi connectivity index (χ0) is 9.47. The fraction of sp³-hybridized carbons (Fsp3) is 1.00. The fourth-order valence-electron chi connectivity index (χ4n) is 2.23. The van der Waals surface area contributed by atoms with E-state index >= 15 is 0 Å². The average Bonchev–Trinajstić information content (AvgIpc) is 2.59. The Morgan fingerprint density at radius 1 is 1.57 bits per heavy atom. The molecule has 0 amide bonds. The summed E-state index contributed by atoms with van der Waals surface area (Å²) < 4.78 is 16.7. The summed E-state index contributed by atoms with van der Waals surface area (Å²) in [5, 5.41) is 9.27. The van der Waals surface area contributed by atoms with Gasteiger partial charge in [-0.3, -0.25) is 0 Å². The molecule has 2 rings (SSSR count). The Balaban J connectivity index is 0.000000980. The molecular weight excluding hydrogens is 358 g/mol. The third kappa shape index (κ3) is 1.67. The number of hydrogen-bond acceptors (Lipinski definition) is 4. The quantitative estimate of drug-likeness (QED) is 0.752. The SMILES string of the molecule is CCOC1C2OCC1(CO)OC2C.[Re]. The Labute approximate surface area is 97.6 Å². The second-order valence-electron chi connectivity index (χ2n) is 3.70. The van der Waals surface area contributed by atoms with Gasteiger partial charge in [-0.15, -0.1) is 0 Å². The van der Waals surface area contributed by atoms with Crippen LogP contribution in [0.15, 0.2) is 0 Å². The van der Waals surface area contributed by atoms with Crippen molar-refractivity contribution in [3.05, 3.63) is 0 Å². The zero-order valence-corrected chi connectivity index (χ0v) is 11.1. The molecule has 2 heterocycles. The predicted molar refractivity (Wildman–Crippen MR) is 45.5 cm³/mol. The van der Waals surface area contributed by atoms with E-state index in [1.54, 1.807) is 0 Å². The number of aliphatic hydroxyl groups excluding tert-OH is 1. The van der Waals surface area contributed by atoms with Gasteiger partial charge in [0.25, 0.3) is 0 Å². The number of hydrogen-bond donors (Lipinski definition) is 1. The Hall–Kier alpha value is 0.502. The van der Waals surface area contributed by atoms with Crippen molar-refractivity contribution < 1.29 is 39.7 Å². The van der Waals surface area contributed by atoms with E-state index in [1.165, 1.54) is 0 Å². The van der Waals surface area contributed by atoms with Crippen LogP contribution in [0.25, 0.3) is 0 Å². The van der Waals surface area contributed by atoms with Crippen LogP contribution in [0, 0.1) is 0 Å². The maximum absolute atomic E-state index is 9.27. The molecule has 2 saturated heterocycles. The number of rotatable bonds is 3. The van der Waals surface area contributed by atoms with Crippen LogP contribution in [0.2, 0.25) is 0 Å². The average molecular weight is 374 g/mol. The zero-order valence-electron chi connectivity index (χ0n) is 8.40. The maximum atomic E-state index is 9.27. The molecule has 1 radical (unpaired) electrons. The van der Waals surface area contributed by atoms with E-state index in [0.717, 1.165) is 0 Å². The third-order valence-corrected chi connectivity index (χ3v) is 2.83. The second kappa shape index (κ2) is 4.56. The first-order valence-corrected chi connectivity index (χ1v) is 4.75. The molecule has 1 N–H and O–H groups in total. The largest absolute Gasteiger partial charge is 0.393 e. The van der Waals surface area contributed by atoms with Crippen molar-refractivity contribution in [3.63, 3.8) is 0 Å². The molecule has 83 valence electrons. The summed E-state index contributed by atoms with van der Waals surface area (Å²) >= 11 is 0. The van der Waals surface area contributed by atoms with E-state index < -0.39 is 5.60 Å². The van der Waals surface area contributed by atoms with Crippen molar-refractivity contribution in [1.29, 1.82) is 0 Å². The minimum absolute atomic E-state index is 0. The van der Waals surface area contributed by atoms with E-state index in [-0.39, 0.29) is 45.3 Å². The molecule has 0 spiro atoms. The van der Waals surface area contributed by atoms with Crippen LogP contribution >= 0.6 is 0 Å². The molecule has 2 bridgehead atoms. The van der Waals surface area contributed by atoms with Gasteiger partial charge in [-0.1, -0.05) is 0 Å². The summed E-state index contributed by atoms with van der Waals surface area (Å²) in [5.41, 5.74) is -0.597. The molecule has 0 aromatic heterocycles. The summed E-state index contributed by atoms with van der Waals surface area (Å²) in [6.45, 7) is 4.94. The van der Waals surface area contributed by atoms with E-state index in [9.17, 15) is 5.11 Å². The first kappa shape index (κ1) is 12.6. The Morgan fingerprint density at radius 2 is 2.29 bits per heavy atom. The topological polar surface area (TPSA) is 47.9 Å². The molecule has 14 heavy (non-hydrogen) atoms. The monoisotopic (exact) mass is 375 g/mol. The Kier molecular flexibility index (Phi) is 4.10. The van der Waals surface area contributed by atoms with Gasteiger partial charge in [0, 0.05) is 27.0 Å². The van der Waals surface area contributed by atoms with Gasteiger partial charge >= 0.3 is 0 Å². The second-order valence-corrected chi connectivity index (χ2v) is 3.70. The first-order valence-electron chi connectivity index (χ1n) is 4.75. The van der Waals surface area contributed by atoms with Crippen LogP contribution in [0.3, 0.4) is 0 Å². The van der Waals surface area contributed by atoms with Crippen LogP contribution in [0.4, 0.5) is 0 Å². The van der Waals surface area contributed by atoms with Gasteiger partial charge in [0.05, 0.1) is 19.3 Å². The van der Waals surface area contributed by atoms with E-state index in [4.69, 9.17) is 14.2 Å². The predicted octanol–water partition coefficient (Wildman–Crippen LogP) is -0.0624. The molecule has 0 saturated carbocycles. The van der Waals surface area contributed by atoms with Gasteiger partial charge in [0.2, 0.25) is 0 Å². The standard InChI is InChI=1S/C9H16O4.Re/c1-3-11-8-7-6(2)13-9(8,4-10)5-12-7;/h6-8,10H,3-5H2,1-2H3;. The summed E-state index contributed by atoms with van der Waals surface area (Å²) in [5.74, 6) is 0. The molecule has 5 heteroatoms. The molecule has 0 aromatic carbocycles. The van der Waals surface area contributed by atoms with E-state index in [2.05, 4.69) is 0 Å². The summed E-state index contributed by atoms with van der Waals surface area (Å²) in [4.78, 5) is 0. The molecule has 4 atom stereocenters. The molecule has 4 unspecified atom stereocenters. The number of aliphatic hydroxyl groups is 1. The molecule has 2 fully saturated rings. The Morgan fingerprint density at radius 3 is 2.79 bits per heavy atom. The van der Waals surface area contributed by atoms with Crippen LogP contribution in [0.1, 0.15) is 13.8 Å². The van der Waals surface area contributed by atoms with Crippen LogP contribution in [-0.2, 0) is 34.6 Å². The minimum atomic E-state index is -0.597. The van der Waals surface area contributed by atoms with Crippen LogP contribution in [0.5, 0.6) is 0 Å². The molecule has 4 nitrogen and oxygen atoms in total. The number of ether oxygens (including phenoxy) is 3. The summed E-state index contributed by atoms with van der Waals surface area (Å²) in [6, 6.07) is 0. The number of fused-ring (bicyclic) bond motifs is 2. The fourth-order valence-corrected chi connectivity index (χ4v) is 2.23. The first-order chi connectivity index (χ1) is 6.23. The van der Waals surface area contributed by atoms with Gasteiger partial charge in [-0.2, -0.15) is 0 Å². The maximum Gasteiger partial charge on any atom is 0.143 e. The summed E-state index contributed by atoms with van der Waals surface area (Å²) in [7, 11) is 0. The minimum Gasteiger partial charge on any atom is -0.393 e. The van der Waals surface area contributed by atoms with Gasteiger partial charge in [0.1, 0.15) is 17.8 Å². The van der Waals surface area contributed by atoms with Crippen molar-refractivity contribution in [2.24, 2.45) is 0 Å². The molecule has 0 aromatic rings. The van der Waals surface area contributed by atoms with E-state index in [0.29, 0.717) is 13.2 Å². The normalized spacial score (nSPS) is 45.2. The molecule has 2 aliphatic heterocycles. The molecule has 2 aliphatic rings. The van der Waals surface area contributed by atoms with Crippen molar-refractivity contribution in [2.45, 2.75) is 37.8 Å².